The van der Waals surface area contributed by atoms with Crippen molar-refractivity contribution in [1.82, 2.24) is 14.6 Å². The average Bonchev–Trinajstić information content (AvgIpc) is 3.21. The molecule has 6 heteroatoms. The predicted molar refractivity (Wildman–Crippen MR) is 114 cm³/mol. The Kier molecular flexibility index (Phi) is 4.35. The Bertz CT molecular complexity index is 1280. The van der Waals surface area contributed by atoms with E-state index in [9.17, 15) is 4.79 Å². The highest BCUT2D eigenvalue weighted by atomic mass is 32.1. The molecule has 4 aromatic rings. The van der Waals surface area contributed by atoms with Gasteiger partial charge in [-0.3, -0.25) is 13.9 Å². The molecule has 0 spiro atoms. The second-order valence-corrected chi connectivity index (χ2v) is 7.08. The molecule has 5 rings (SSSR count). The molecule has 1 aliphatic rings. The van der Waals surface area contributed by atoms with Crippen LogP contribution in [0.5, 0.6) is 5.88 Å². The summed E-state index contributed by atoms with van der Waals surface area (Å²) in [5, 5.41) is 0. The van der Waals surface area contributed by atoms with Crippen LogP contribution in [0.2, 0.25) is 0 Å². The summed E-state index contributed by atoms with van der Waals surface area (Å²) in [6.45, 7) is 0. The maximum atomic E-state index is 13.6. The van der Waals surface area contributed by atoms with E-state index in [1.54, 1.807) is 9.13 Å². The van der Waals surface area contributed by atoms with Crippen LogP contribution >= 0.6 is 12.2 Å². The molecule has 0 saturated heterocycles. The fourth-order valence-corrected chi connectivity index (χ4v) is 3.99. The quantitative estimate of drug-likeness (QED) is 0.521. The molecule has 3 aromatic carbocycles. The first-order valence-corrected chi connectivity index (χ1v) is 9.66. The molecule has 1 N–H and O–H groups in total. The molecule has 5 nitrogen and oxygen atoms in total. The van der Waals surface area contributed by atoms with E-state index in [0.717, 1.165) is 11.3 Å². The molecule has 1 aromatic heterocycles. The molecule has 2 heterocycles. The van der Waals surface area contributed by atoms with Crippen LogP contribution in [-0.4, -0.2) is 9.13 Å². The number of hydrogen-bond donors (Lipinski definition) is 1. The summed E-state index contributed by atoms with van der Waals surface area (Å²) < 4.78 is 3.71. The summed E-state index contributed by atoms with van der Waals surface area (Å²) in [6, 6.07) is 28.5. The Morgan fingerprint density at radius 2 is 1.28 bits per heavy atom. The second kappa shape index (κ2) is 7.16. The summed E-state index contributed by atoms with van der Waals surface area (Å²) in [4.78, 5) is 19.4. The monoisotopic (exact) mass is 399 g/mol. The van der Waals surface area contributed by atoms with Gasteiger partial charge in [-0.2, -0.15) is 0 Å². The maximum absolute atomic E-state index is 13.6. The molecule has 1 unspecified atom stereocenters. The topological polar surface area (TPSA) is 48.2 Å². The number of aromatic nitrogens is 2. The van der Waals surface area contributed by atoms with Crippen LogP contribution in [0, 0.1) is 4.77 Å². The molecule has 0 amide bonds. The number of nitrogens with zero attached hydrogens (tertiary/aromatic N) is 2. The largest absolute Gasteiger partial charge is 0.388 e. The van der Waals surface area contributed by atoms with Gasteiger partial charge >= 0.3 is 0 Å². The Morgan fingerprint density at radius 3 is 1.86 bits per heavy atom. The van der Waals surface area contributed by atoms with Crippen molar-refractivity contribution >= 4 is 12.2 Å². The van der Waals surface area contributed by atoms with Gasteiger partial charge in [0.1, 0.15) is 11.6 Å². The zero-order chi connectivity index (χ0) is 19.8. The first-order valence-electron chi connectivity index (χ1n) is 9.26. The van der Waals surface area contributed by atoms with E-state index in [0.29, 0.717) is 21.9 Å². The first kappa shape index (κ1) is 17.6. The van der Waals surface area contributed by atoms with E-state index in [-0.39, 0.29) is 11.6 Å². The van der Waals surface area contributed by atoms with Crippen molar-refractivity contribution in [3.63, 3.8) is 0 Å². The molecule has 0 saturated carbocycles. The second-order valence-electron chi connectivity index (χ2n) is 6.71. The highest BCUT2D eigenvalue weighted by Gasteiger charge is 2.34. The van der Waals surface area contributed by atoms with Crippen LogP contribution in [0.15, 0.2) is 95.8 Å². The lowest BCUT2D eigenvalue weighted by molar-refractivity contribution is 0.195. The number of hydrogen-bond acceptors (Lipinski definition) is 4. The van der Waals surface area contributed by atoms with E-state index in [4.69, 9.17) is 17.1 Å². The summed E-state index contributed by atoms with van der Waals surface area (Å²) in [5.74, 6) is 0.423. The van der Waals surface area contributed by atoms with Crippen LogP contribution in [-0.2, 0) is 0 Å². The Balaban J connectivity index is 1.86. The van der Waals surface area contributed by atoms with Gasteiger partial charge in [0.2, 0.25) is 5.88 Å². The number of rotatable bonds is 3. The number of fused-ring (bicyclic) bond motifs is 1. The van der Waals surface area contributed by atoms with Gasteiger partial charge in [0, 0.05) is 0 Å². The Hall–Kier alpha value is -3.48. The number of nitrogens with one attached hydrogen (secondary N) is 1. The van der Waals surface area contributed by atoms with Crippen molar-refractivity contribution in [2.75, 3.05) is 0 Å². The lowest BCUT2D eigenvalue weighted by Gasteiger charge is -2.16. The van der Waals surface area contributed by atoms with Crippen LogP contribution < -0.4 is 15.9 Å². The molecule has 0 fully saturated rings. The minimum absolute atomic E-state index is 0.192. The lowest BCUT2D eigenvalue weighted by Crippen LogP contribution is -2.28. The highest BCUT2D eigenvalue weighted by Crippen LogP contribution is 2.34. The van der Waals surface area contributed by atoms with Crippen molar-refractivity contribution in [3.8, 4) is 17.3 Å². The summed E-state index contributed by atoms with van der Waals surface area (Å²) >= 11 is 5.76. The summed E-state index contributed by atoms with van der Waals surface area (Å²) in [7, 11) is 0. The standard InChI is InChI=1S/C23H17N3O2S/c27-21-19-20(16-10-4-1-5-11-16)24-28-22(19)26(18-14-8-3-9-15-18)23(29)25(21)17-12-6-2-7-13-17/h1-15,20,24H. The molecule has 0 bridgehead atoms. The van der Waals surface area contributed by atoms with Gasteiger partial charge < -0.3 is 4.84 Å². The first-order chi connectivity index (χ1) is 14.3. The van der Waals surface area contributed by atoms with Crippen LogP contribution in [0.1, 0.15) is 17.2 Å². The molecule has 29 heavy (non-hydrogen) atoms. The van der Waals surface area contributed by atoms with E-state index < -0.39 is 0 Å². The van der Waals surface area contributed by atoms with Gasteiger partial charge in [-0.25, -0.2) is 0 Å². The molecular weight excluding hydrogens is 382 g/mol. The molecule has 1 atom stereocenters. The van der Waals surface area contributed by atoms with Crippen LogP contribution in [0.3, 0.4) is 0 Å². The normalized spacial score (nSPS) is 15.0. The maximum Gasteiger partial charge on any atom is 0.268 e. The minimum Gasteiger partial charge on any atom is -0.388 e. The minimum atomic E-state index is -0.390. The molecule has 0 radical (unpaired) electrons. The molecule has 0 aliphatic carbocycles. The van der Waals surface area contributed by atoms with Gasteiger partial charge in [-0.15, -0.1) is 5.48 Å². The van der Waals surface area contributed by atoms with Crippen molar-refractivity contribution in [1.29, 1.82) is 0 Å². The fraction of sp³-hybridized carbons (Fsp3) is 0.0435. The zero-order valence-corrected chi connectivity index (χ0v) is 16.2. The third-order valence-electron chi connectivity index (χ3n) is 4.97. The van der Waals surface area contributed by atoms with Crippen molar-refractivity contribution in [2.24, 2.45) is 0 Å². The highest BCUT2D eigenvalue weighted by molar-refractivity contribution is 7.71. The van der Waals surface area contributed by atoms with Crippen molar-refractivity contribution < 1.29 is 4.84 Å². The predicted octanol–water partition coefficient (Wildman–Crippen LogP) is 4.34. The summed E-state index contributed by atoms with van der Waals surface area (Å²) in [6.07, 6.45) is 0. The average molecular weight is 399 g/mol. The Labute approximate surface area is 172 Å². The number of hydroxylamine groups is 1. The molecule has 1 aliphatic heterocycles. The third-order valence-corrected chi connectivity index (χ3v) is 5.34. The summed E-state index contributed by atoms with van der Waals surface area (Å²) in [5.41, 5.74) is 5.84. The van der Waals surface area contributed by atoms with Crippen LogP contribution in [0.25, 0.3) is 11.4 Å². The van der Waals surface area contributed by atoms with Gasteiger partial charge in [0.15, 0.2) is 4.77 Å². The molecular formula is C23H17N3O2S. The lowest BCUT2D eigenvalue weighted by atomic mass is 10.0. The van der Waals surface area contributed by atoms with Gasteiger partial charge in [-0.1, -0.05) is 66.7 Å². The number of benzene rings is 3. The van der Waals surface area contributed by atoms with E-state index in [2.05, 4.69) is 5.48 Å². The fourth-order valence-electron chi connectivity index (χ4n) is 3.62. The third kappa shape index (κ3) is 2.90. The zero-order valence-electron chi connectivity index (χ0n) is 15.4. The van der Waals surface area contributed by atoms with E-state index in [1.165, 1.54) is 0 Å². The Morgan fingerprint density at radius 1 is 0.759 bits per heavy atom. The van der Waals surface area contributed by atoms with Gasteiger partial charge in [0.25, 0.3) is 5.56 Å². The smallest absolute Gasteiger partial charge is 0.268 e. The SMILES string of the molecule is O=c1c2c(n(-c3ccccc3)c(=S)n1-c1ccccc1)ONC2c1ccccc1. The number of para-hydroxylation sites is 2. The van der Waals surface area contributed by atoms with Crippen molar-refractivity contribution in [3.05, 3.63) is 117 Å². The van der Waals surface area contributed by atoms with E-state index >= 15 is 0 Å². The molecule has 142 valence electrons. The van der Waals surface area contributed by atoms with Gasteiger partial charge in [-0.05, 0) is 42.0 Å². The van der Waals surface area contributed by atoms with Crippen molar-refractivity contribution in [2.45, 2.75) is 6.04 Å². The van der Waals surface area contributed by atoms with E-state index in [1.807, 2.05) is 91.0 Å². The van der Waals surface area contributed by atoms with Crippen LogP contribution in [0.4, 0.5) is 0 Å². The van der Waals surface area contributed by atoms with Gasteiger partial charge in [0.05, 0.1) is 11.4 Å².